The summed E-state index contributed by atoms with van der Waals surface area (Å²) in [5.41, 5.74) is 18.0. The third-order valence-corrected chi connectivity index (χ3v) is 15.2. The molecular weight excluding hydrogens is 925 g/mol. The largest absolute Gasteiger partial charge is 0.315 e. The maximum absolute atomic E-state index is 2.38. The van der Waals surface area contributed by atoms with Gasteiger partial charge in [-0.2, -0.15) is 0 Å². The van der Waals surface area contributed by atoms with E-state index in [1.165, 1.54) is 48.9 Å². The molecule has 4 aromatic heterocycles. The minimum atomic E-state index is 1.07. The molecule has 6 nitrogen and oxygen atoms in total. The van der Waals surface area contributed by atoms with Crippen LogP contribution in [0.15, 0.2) is 291 Å². The lowest BCUT2D eigenvalue weighted by molar-refractivity contribution is 1.10. The third kappa shape index (κ3) is 7.03. The first-order valence-electron chi connectivity index (χ1n) is 25.9. The zero-order chi connectivity index (χ0) is 50.1. The number of hydrogen-bond acceptors (Lipinski definition) is 2. The Morgan fingerprint density at radius 2 is 0.592 bits per heavy atom. The van der Waals surface area contributed by atoms with Gasteiger partial charge < -0.3 is 28.1 Å². The highest BCUT2D eigenvalue weighted by Crippen LogP contribution is 2.43. The van der Waals surface area contributed by atoms with E-state index in [0.29, 0.717) is 0 Å². The summed E-state index contributed by atoms with van der Waals surface area (Å²) in [6, 6.07) is 101. The molecule has 0 atom stereocenters. The number of rotatable bonds is 10. The van der Waals surface area contributed by atoms with Crippen molar-refractivity contribution in [1.29, 1.82) is 0 Å². The average Bonchev–Trinajstić information content (AvgIpc) is 4.31. The summed E-state index contributed by atoms with van der Waals surface area (Å²) in [4.78, 5) is 4.72. The number of hydrogen-bond donors (Lipinski definition) is 0. The molecule has 0 radical (unpaired) electrons. The van der Waals surface area contributed by atoms with Crippen molar-refractivity contribution in [3.63, 3.8) is 0 Å². The minimum absolute atomic E-state index is 1.07. The van der Waals surface area contributed by atoms with Crippen molar-refractivity contribution in [3.8, 4) is 22.7 Å². The van der Waals surface area contributed by atoms with Gasteiger partial charge in [0, 0.05) is 102 Å². The summed E-state index contributed by atoms with van der Waals surface area (Å²) in [7, 11) is 0. The van der Waals surface area contributed by atoms with Gasteiger partial charge in [0.25, 0.3) is 0 Å². The summed E-state index contributed by atoms with van der Waals surface area (Å²) in [5.74, 6) is 0. The molecule has 6 heteroatoms. The quantitative estimate of drug-likeness (QED) is 0.136. The molecule has 11 aromatic carbocycles. The van der Waals surface area contributed by atoms with Gasteiger partial charge in [0.2, 0.25) is 0 Å². The molecule has 0 fully saturated rings. The van der Waals surface area contributed by atoms with E-state index in [1.807, 2.05) is 0 Å². The van der Waals surface area contributed by atoms with Gasteiger partial charge >= 0.3 is 0 Å². The topological polar surface area (TPSA) is 26.2 Å². The summed E-state index contributed by atoms with van der Waals surface area (Å²) >= 11 is 0. The van der Waals surface area contributed by atoms with E-state index in [0.717, 1.165) is 73.4 Å². The van der Waals surface area contributed by atoms with Crippen LogP contribution in [0.5, 0.6) is 0 Å². The fraction of sp³-hybridized carbons (Fsp3) is 0. The number of benzene rings is 11. The molecule has 76 heavy (non-hydrogen) atoms. The molecule has 4 heterocycles. The van der Waals surface area contributed by atoms with Gasteiger partial charge in [-0.15, -0.1) is 0 Å². The normalized spacial score (nSPS) is 11.7. The van der Waals surface area contributed by atoms with Crippen LogP contribution in [0, 0.1) is 0 Å². The molecule has 0 aliphatic rings. The van der Waals surface area contributed by atoms with Gasteiger partial charge in [0.1, 0.15) is 0 Å². The van der Waals surface area contributed by atoms with Crippen LogP contribution in [0.3, 0.4) is 0 Å². The first-order valence-corrected chi connectivity index (χ1v) is 25.9. The molecule has 0 N–H and O–H groups in total. The molecule has 0 aliphatic heterocycles. The van der Waals surface area contributed by atoms with Gasteiger partial charge in [0.15, 0.2) is 0 Å². The van der Waals surface area contributed by atoms with Crippen molar-refractivity contribution in [2.45, 2.75) is 0 Å². The van der Waals surface area contributed by atoms with Gasteiger partial charge in [-0.3, -0.25) is 0 Å². The monoisotopic (exact) mass is 972 g/mol. The maximum Gasteiger partial charge on any atom is 0.0777 e. The summed E-state index contributed by atoms with van der Waals surface area (Å²) in [6.45, 7) is 0. The Labute approximate surface area is 439 Å². The van der Waals surface area contributed by atoms with Crippen molar-refractivity contribution >= 4 is 99.5 Å². The standard InChI is InChI=1S/C70H48N6/c1-5-17-53(18-6-1)73(59-40-42-67-64(47-59)62-26-14-16-28-66(62)75(67)55-21-9-3-10-22-55)57-35-31-51(32-36-57)71-45-43-49-29-30-50-44-46-72(70(50)69(49)71)52-33-37-58(38-34-52)74(54-19-7-2-8-20-54)60-39-41-63-61-25-13-15-27-65(61)76(68(63)48-60)56-23-11-4-12-24-56/h1-48H. The lowest BCUT2D eigenvalue weighted by Gasteiger charge is -2.26. The van der Waals surface area contributed by atoms with E-state index < -0.39 is 0 Å². The smallest absolute Gasteiger partial charge is 0.0777 e. The van der Waals surface area contributed by atoms with E-state index in [2.05, 4.69) is 320 Å². The maximum atomic E-state index is 2.38. The fourth-order valence-corrected chi connectivity index (χ4v) is 11.8. The Balaban J connectivity index is 0.802. The second kappa shape index (κ2) is 17.7. The van der Waals surface area contributed by atoms with E-state index in [-0.39, 0.29) is 0 Å². The summed E-state index contributed by atoms with van der Waals surface area (Å²) in [6.07, 6.45) is 4.41. The predicted molar refractivity (Wildman–Crippen MR) is 318 cm³/mol. The first kappa shape index (κ1) is 43.3. The Morgan fingerprint density at radius 3 is 1.11 bits per heavy atom. The van der Waals surface area contributed by atoms with Crippen molar-refractivity contribution in [2.24, 2.45) is 0 Å². The predicted octanol–water partition coefficient (Wildman–Crippen LogP) is 18.7. The van der Waals surface area contributed by atoms with Crippen LogP contribution in [-0.2, 0) is 0 Å². The van der Waals surface area contributed by atoms with Gasteiger partial charge in [-0.05, 0) is 152 Å². The van der Waals surface area contributed by atoms with E-state index >= 15 is 0 Å². The van der Waals surface area contributed by atoms with Crippen LogP contribution in [0.1, 0.15) is 0 Å². The van der Waals surface area contributed by atoms with Crippen LogP contribution in [0.25, 0.3) is 88.2 Å². The first-order chi connectivity index (χ1) is 37.7. The highest BCUT2D eigenvalue weighted by molar-refractivity contribution is 6.12. The number of anilines is 6. The zero-order valence-corrected chi connectivity index (χ0v) is 41.4. The fourth-order valence-electron chi connectivity index (χ4n) is 11.8. The second-order valence-electron chi connectivity index (χ2n) is 19.5. The number of fused-ring (bicyclic) bond motifs is 9. The highest BCUT2D eigenvalue weighted by Gasteiger charge is 2.21. The van der Waals surface area contributed by atoms with Crippen molar-refractivity contribution in [1.82, 2.24) is 18.3 Å². The van der Waals surface area contributed by atoms with Gasteiger partial charge in [-0.25, -0.2) is 0 Å². The second-order valence-corrected chi connectivity index (χ2v) is 19.5. The molecule has 358 valence electrons. The van der Waals surface area contributed by atoms with E-state index in [4.69, 9.17) is 0 Å². The number of aromatic nitrogens is 4. The van der Waals surface area contributed by atoms with Crippen LogP contribution < -0.4 is 9.80 Å². The lowest BCUT2D eigenvalue weighted by atomic mass is 10.1. The molecule has 0 saturated heterocycles. The Hall–Kier alpha value is -10.3. The van der Waals surface area contributed by atoms with Crippen molar-refractivity contribution in [3.05, 3.63) is 291 Å². The third-order valence-electron chi connectivity index (χ3n) is 15.2. The van der Waals surface area contributed by atoms with E-state index in [9.17, 15) is 0 Å². The average molecular weight is 973 g/mol. The molecule has 0 saturated carbocycles. The highest BCUT2D eigenvalue weighted by atomic mass is 15.2. The lowest BCUT2D eigenvalue weighted by Crippen LogP contribution is -2.10. The summed E-state index contributed by atoms with van der Waals surface area (Å²) < 4.78 is 9.43. The molecule has 0 aliphatic carbocycles. The van der Waals surface area contributed by atoms with Crippen molar-refractivity contribution < 1.29 is 0 Å². The molecule has 15 rings (SSSR count). The minimum Gasteiger partial charge on any atom is -0.315 e. The van der Waals surface area contributed by atoms with Crippen LogP contribution >= 0.6 is 0 Å². The summed E-state index contributed by atoms with van der Waals surface area (Å²) in [5, 5.41) is 7.27. The number of nitrogens with zero attached hydrogens (tertiary/aromatic N) is 6. The molecule has 0 bridgehead atoms. The van der Waals surface area contributed by atoms with Crippen molar-refractivity contribution in [2.75, 3.05) is 9.80 Å². The number of para-hydroxylation sites is 6. The van der Waals surface area contributed by atoms with Crippen LogP contribution in [0.4, 0.5) is 34.1 Å². The molecular formula is C70H48N6. The molecule has 0 spiro atoms. The Kier molecular flexibility index (Phi) is 10.1. The van der Waals surface area contributed by atoms with Crippen LogP contribution in [0.2, 0.25) is 0 Å². The zero-order valence-electron chi connectivity index (χ0n) is 41.4. The van der Waals surface area contributed by atoms with Gasteiger partial charge in [-0.1, -0.05) is 127 Å². The van der Waals surface area contributed by atoms with E-state index in [1.54, 1.807) is 0 Å². The molecule has 0 amide bonds. The molecule has 15 aromatic rings. The SMILES string of the molecule is c1ccc(N(c2ccc(-n3ccc4ccc5ccn(-c6ccc(N(c7ccccc7)c7ccc8c9ccccc9n(-c9ccccc9)c8c7)cc6)c5c43)cc2)c2ccc3c(c2)c2ccccc2n3-c2ccccc2)cc1. The van der Waals surface area contributed by atoms with Gasteiger partial charge in [0.05, 0.1) is 33.1 Å². The Bertz CT molecular complexity index is 4610. The molecule has 0 unspecified atom stereocenters. The van der Waals surface area contributed by atoms with Crippen LogP contribution in [-0.4, -0.2) is 18.3 Å². The Morgan fingerprint density at radius 1 is 0.224 bits per heavy atom.